The molecular formula is C20H26F2N6. The number of nitrogens with zero attached hydrogens (tertiary/aromatic N) is 6. The molecule has 0 radical (unpaired) electrons. The molecular weight excluding hydrogens is 362 g/mol. The van der Waals surface area contributed by atoms with Gasteiger partial charge in [0, 0.05) is 32.6 Å². The molecule has 0 N–H and O–H groups in total. The van der Waals surface area contributed by atoms with Crippen LogP contribution in [0, 0.1) is 17.6 Å². The zero-order valence-corrected chi connectivity index (χ0v) is 16.4. The van der Waals surface area contributed by atoms with E-state index in [0.717, 1.165) is 45.3 Å². The van der Waals surface area contributed by atoms with Crippen molar-refractivity contribution in [1.29, 1.82) is 0 Å². The van der Waals surface area contributed by atoms with Gasteiger partial charge in [0.1, 0.15) is 12.7 Å². The van der Waals surface area contributed by atoms with Gasteiger partial charge >= 0.3 is 0 Å². The Bertz CT molecular complexity index is 833. The summed E-state index contributed by atoms with van der Waals surface area (Å²) < 4.78 is 29.2. The van der Waals surface area contributed by atoms with Crippen LogP contribution in [-0.4, -0.2) is 46.6 Å². The number of hydrogen-bond acceptors (Lipinski definition) is 6. The van der Waals surface area contributed by atoms with Crippen molar-refractivity contribution in [3.63, 3.8) is 0 Å². The maximum absolute atomic E-state index is 14.7. The van der Waals surface area contributed by atoms with E-state index in [1.54, 1.807) is 0 Å². The number of anilines is 2. The smallest absolute Gasteiger partial charge is 0.187 e. The molecule has 3 heterocycles. The van der Waals surface area contributed by atoms with Gasteiger partial charge in [-0.2, -0.15) is 0 Å². The third kappa shape index (κ3) is 3.77. The van der Waals surface area contributed by atoms with Gasteiger partial charge in [-0.1, -0.05) is 6.92 Å². The Kier molecular flexibility index (Phi) is 5.37. The molecule has 1 saturated heterocycles. The number of hydrogen-bond donors (Lipinski definition) is 0. The van der Waals surface area contributed by atoms with Crippen LogP contribution in [0.3, 0.4) is 0 Å². The van der Waals surface area contributed by atoms with Crippen LogP contribution in [0.25, 0.3) is 0 Å². The first-order chi connectivity index (χ1) is 13.6. The van der Waals surface area contributed by atoms with Crippen molar-refractivity contribution in [1.82, 2.24) is 19.9 Å². The summed E-state index contributed by atoms with van der Waals surface area (Å²) in [6.07, 6.45) is 7.27. The SMILES string of the molecule is CCc1ncnc(N2CCC(CN(C)c3ncnc(C4CC4)c3F)CC2)c1F. The van der Waals surface area contributed by atoms with Crippen LogP contribution in [0.15, 0.2) is 12.7 Å². The summed E-state index contributed by atoms with van der Waals surface area (Å²) >= 11 is 0. The van der Waals surface area contributed by atoms with Gasteiger partial charge in [-0.3, -0.25) is 0 Å². The van der Waals surface area contributed by atoms with Crippen LogP contribution in [0.1, 0.15) is 49.9 Å². The fourth-order valence-electron chi connectivity index (χ4n) is 3.94. The summed E-state index contributed by atoms with van der Waals surface area (Å²) in [5.41, 5.74) is 1.01. The van der Waals surface area contributed by atoms with Crippen LogP contribution >= 0.6 is 0 Å². The summed E-state index contributed by atoms with van der Waals surface area (Å²) in [5.74, 6) is 0.851. The second kappa shape index (κ2) is 7.93. The maximum atomic E-state index is 14.7. The molecule has 0 bridgehead atoms. The van der Waals surface area contributed by atoms with Crippen molar-refractivity contribution in [3.05, 3.63) is 35.7 Å². The lowest BCUT2D eigenvalue weighted by atomic mass is 9.96. The molecule has 1 saturated carbocycles. The van der Waals surface area contributed by atoms with E-state index >= 15 is 0 Å². The quantitative estimate of drug-likeness (QED) is 0.757. The van der Waals surface area contributed by atoms with Crippen LogP contribution < -0.4 is 9.80 Å². The molecule has 0 aromatic carbocycles. The van der Waals surface area contributed by atoms with Crippen molar-refractivity contribution in [2.24, 2.45) is 5.92 Å². The van der Waals surface area contributed by atoms with E-state index in [1.165, 1.54) is 12.7 Å². The standard InChI is InChI=1S/C20H26F2N6/c1-3-15-16(21)20(26-11-23-15)28-8-6-13(7-9-28)10-27(2)19-17(22)18(14-4-5-14)24-12-25-19/h11-14H,3-10H2,1-2H3. The Balaban J connectivity index is 1.38. The van der Waals surface area contributed by atoms with Crippen molar-refractivity contribution < 1.29 is 8.78 Å². The lowest BCUT2D eigenvalue weighted by Crippen LogP contribution is -2.39. The van der Waals surface area contributed by atoms with E-state index in [-0.39, 0.29) is 17.6 Å². The van der Waals surface area contributed by atoms with Crippen LogP contribution in [0.5, 0.6) is 0 Å². The summed E-state index contributed by atoms with van der Waals surface area (Å²) in [6, 6.07) is 0. The average Bonchev–Trinajstić information content (AvgIpc) is 3.54. The Morgan fingerprint density at radius 3 is 2.39 bits per heavy atom. The van der Waals surface area contributed by atoms with Crippen molar-refractivity contribution >= 4 is 11.6 Å². The summed E-state index contributed by atoms with van der Waals surface area (Å²) in [5, 5.41) is 0. The first-order valence-electron chi connectivity index (χ1n) is 10.0. The van der Waals surface area contributed by atoms with E-state index < -0.39 is 0 Å². The molecule has 6 nitrogen and oxygen atoms in total. The number of halogens is 2. The van der Waals surface area contributed by atoms with Crippen LogP contribution in [-0.2, 0) is 6.42 Å². The largest absolute Gasteiger partial charge is 0.357 e. The minimum atomic E-state index is -0.309. The van der Waals surface area contributed by atoms with Gasteiger partial charge in [0.25, 0.3) is 0 Å². The Morgan fingerprint density at radius 2 is 1.71 bits per heavy atom. The van der Waals surface area contributed by atoms with Crippen molar-refractivity contribution in [2.75, 3.05) is 36.5 Å². The highest BCUT2D eigenvalue weighted by Gasteiger charge is 2.31. The minimum Gasteiger partial charge on any atom is -0.357 e. The molecule has 28 heavy (non-hydrogen) atoms. The van der Waals surface area contributed by atoms with Gasteiger partial charge in [0.2, 0.25) is 0 Å². The maximum Gasteiger partial charge on any atom is 0.187 e. The second-order valence-corrected chi connectivity index (χ2v) is 7.79. The van der Waals surface area contributed by atoms with Gasteiger partial charge in [-0.15, -0.1) is 0 Å². The summed E-state index contributed by atoms with van der Waals surface area (Å²) in [6.45, 7) is 4.07. The fourth-order valence-corrected chi connectivity index (χ4v) is 3.94. The molecule has 2 aliphatic rings. The topological polar surface area (TPSA) is 58.0 Å². The van der Waals surface area contributed by atoms with Gasteiger partial charge < -0.3 is 9.80 Å². The van der Waals surface area contributed by atoms with Crippen LogP contribution in [0.2, 0.25) is 0 Å². The molecule has 1 aliphatic heterocycles. The lowest BCUT2D eigenvalue weighted by Gasteiger charge is -2.35. The van der Waals surface area contributed by atoms with Gasteiger partial charge in [-0.25, -0.2) is 28.7 Å². The Labute approximate surface area is 164 Å². The molecule has 1 aliphatic carbocycles. The predicted molar refractivity (Wildman–Crippen MR) is 104 cm³/mol. The Hall–Kier alpha value is -2.38. The Morgan fingerprint density at radius 1 is 1.00 bits per heavy atom. The second-order valence-electron chi connectivity index (χ2n) is 7.79. The monoisotopic (exact) mass is 388 g/mol. The number of rotatable bonds is 6. The van der Waals surface area contributed by atoms with E-state index in [9.17, 15) is 8.78 Å². The zero-order chi connectivity index (χ0) is 19.7. The fraction of sp³-hybridized carbons (Fsp3) is 0.600. The summed E-state index contributed by atoms with van der Waals surface area (Å²) in [4.78, 5) is 20.3. The highest BCUT2D eigenvalue weighted by Crippen LogP contribution is 2.41. The van der Waals surface area contributed by atoms with Crippen molar-refractivity contribution in [2.45, 2.75) is 44.9 Å². The number of aryl methyl sites for hydroxylation is 1. The molecule has 0 atom stereocenters. The average molecular weight is 388 g/mol. The molecule has 2 aromatic heterocycles. The van der Waals surface area contributed by atoms with E-state index in [0.29, 0.717) is 35.4 Å². The first-order valence-corrected chi connectivity index (χ1v) is 10.0. The predicted octanol–water partition coefficient (Wildman–Crippen LogP) is 3.34. The van der Waals surface area contributed by atoms with Gasteiger partial charge in [0.15, 0.2) is 23.3 Å². The van der Waals surface area contributed by atoms with Gasteiger partial charge in [0.05, 0.1) is 11.4 Å². The molecule has 2 fully saturated rings. The number of piperidine rings is 1. The molecule has 8 heteroatoms. The number of aromatic nitrogens is 4. The first kappa shape index (κ1) is 19.0. The molecule has 0 amide bonds. The van der Waals surface area contributed by atoms with E-state index in [1.807, 2.05) is 23.8 Å². The highest BCUT2D eigenvalue weighted by molar-refractivity contribution is 5.43. The van der Waals surface area contributed by atoms with E-state index in [2.05, 4.69) is 19.9 Å². The lowest BCUT2D eigenvalue weighted by molar-refractivity contribution is 0.401. The minimum absolute atomic E-state index is 0.258. The molecule has 0 unspecified atom stereocenters. The molecule has 4 rings (SSSR count). The molecule has 0 spiro atoms. The summed E-state index contributed by atoms with van der Waals surface area (Å²) in [7, 11) is 1.88. The third-order valence-corrected chi connectivity index (χ3v) is 5.75. The van der Waals surface area contributed by atoms with Crippen LogP contribution in [0.4, 0.5) is 20.4 Å². The van der Waals surface area contributed by atoms with E-state index in [4.69, 9.17) is 0 Å². The third-order valence-electron chi connectivity index (χ3n) is 5.75. The van der Waals surface area contributed by atoms with Crippen molar-refractivity contribution in [3.8, 4) is 0 Å². The zero-order valence-electron chi connectivity index (χ0n) is 16.4. The van der Waals surface area contributed by atoms with Gasteiger partial charge in [-0.05, 0) is 38.0 Å². The molecule has 2 aromatic rings. The highest BCUT2D eigenvalue weighted by atomic mass is 19.1. The normalized spacial score (nSPS) is 17.8. The molecule has 150 valence electrons.